The minimum atomic E-state index is 0.0214. The van der Waals surface area contributed by atoms with Crippen LogP contribution >= 0.6 is 23.2 Å². The first-order valence-corrected chi connectivity index (χ1v) is 6.52. The van der Waals surface area contributed by atoms with Crippen LogP contribution in [0.3, 0.4) is 0 Å². The van der Waals surface area contributed by atoms with Crippen LogP contribution in [0, 0.1) is 11.3 Å². The first-order chi connectivity index (χ1) is 9.69. The van der Waals surface area contributed by atoms with Crippen molar-refractivity contribution in [2.45, 2.75) is 13.0 Å². The summed E-state index contributed by atoms with van der Waals surface area (Å²) in [7, 11) is 0. The second kappa shape index (κ2) is 6.98. The van der Waals surface area contributed by atoms with Crippen LogP contribution in [0.15, 0.2) is 24.5 Å². The fourth-order valence-corrected chi connectivity index (χ4v) is 1.96. The number of aromatic nitrogens is 4. The standard InChI is InChI=1S/C12H10Cl2N6/c13-10-17-11(14)19-12(18-10)20(6-2-4-15)8-9-3-1-5-16-7-9/h1,3,5,7H,2,6,8H2. The lowest BCUT2D eigenvalue weighted by atomic mass is 10.2. The average Bonchev–Trinajstić information content (AvgIpc) is 2.43. The molecule has 0 N–H and O–H groups in total. The summed E-state index contributed by atoms with van der Waals surface area (Å²) in [5.41, 5.74) is 0.970. The van der Waals surface area contributed by atoms with Crippen LogP contribution in [-0.4, -0.2) is 26.5 Å². The van der Waals surface area contributed by atoms with Crippen molar-refractivity contribution in [3.05, 3.63) is 40.7 Å². The van der Waals surface area contributed by atoms with Crippen molar-refractivity contribution in [1.82, 2.24) is 19.9 Å². The summed E-state index contributed by atoms with van der Waals surface area (Å²) in [6.45, 7) is 0.967. The smallest absolute Gasteiger partial charge is 0.231 e. The van der Waals surface area contributed by atoms with Crippen molar-refractivity contribution >= 4 is 29.2 Å². The SMILES string of the molecule is N#CCCN(Cc1cccnc1)c1nc(Cl)nc(Cl)n1. The van der Waals surface area contributed by atoms with Crippen molar-refractivity contribution in [1.29, 1.82) is 5.26 Å². The molecule has 6 nitrogen and oxygen atoms in total. The van der Waals surface area contributed by atoms with Gasteiger partial charge in [0, 0.05) is 25.5 Å². The molecule has 2 aromatic heterocycles. The van der Waals surface area contributed by atoms with E-state index in [1.54, 1.807) is 17.3 Å². The zero-order valence-corrected chi connectivity index (χ0v) is 11.9. The third-order valence-electron chi connectivity index (χ3n) is 2.44. The fourth-order valence-electron chi connectivity index (χ4n) is 1.60. The van der Waals surface area contributed by atoms with E-state index in [2.05, 4.69) is 26.0 Å². The van der Waals surface area contributed by atoms with E-state index in [1.807, 2.05) is 12.1 Å². The van der Waals surface area contributed by atoms with Crippen molar-refractivity contribution in [3.63, 3.8) is 0 Å². The molecule has 0 atom stereocenters. The molecule has 0 aliphatic rings. The monoisotopic (exact) mass is 308 g/mol. The number of halogens is 2. The van der Waals surface area contributed by atoms with Gasteiger partial charge in [-0.3, -0.25) is 4.98 Å². The van der Waals surface area contributed by atoms with Gasteiger partial charge in [0.15, 0.2) is 0 Å². The molecule has 0 unspecified atom stereocenters. The summed E-state index contributed by atoms with van der Waals surface area (Å²) in [4.78, 5) is 17.6. The number of hydrogen-bond donors (Lipinski definition) is 0. The molecule has 2 heterocycles. The number of rotatable bonds is 5. The summed E-state index contributed by atoms with van der Waals surface area (Å²) in [6, 6.07) is 5.85. The molecular weight excluding hydrogens is 299 g/mol. The summed E-state index contributed by atoms with van der Waals surface area (Å²) in [6.07, 6.45) is 3.77. The van der Waals surface area contributed by atoms with E-state index in [1.165, 1.54) is 0 Å². The van der Waals surface area contributed by atoms with E-state index in [9.17, 15) is 0 Å². The molecule has 0 fully saturated rings. The van der Waals surface area contributed by atoms with Gasteiger partial charge in [0.2, 0.25) is 16.5 Å². The van der Waals surface area contributed by atoms with Crippen LogP contribution in [0.5, 0.6) is 0 Å². The average molecular weight is 309 g/mol. The minimum Gasteiger partial charge on any atom is -0.335 e. The van der Waals surface area contributed by atoms with E-state index in [-0.39, 0.29) is 10.6 Å². The molecule has 0 aromatic carbocycles. The van der Waals surface area contributed by atoms with Crippen LogP contribution in [-0.2, 0) is 6.54 Å². The van der Waals surface area contributed by atoms with Gasteiger partial charge in [0.05, 0.1) is 12.5 Å². The highest BCUT2D eigenvalue weighted by molar-refractivity contribution is 6.31. The lowest BCUT2D eigenvalue weighted by molar-refractivity contribution is 0.756. The highest BCUT2D eigenvalue weighted by Crippen LogP contribution is 2.16. The molecule has 0 spiro atoms. The topological polar surface area (TPSA) is 78.6 Å². The maximum Gasteiger partial charge on any atom is 0.231 e. The Hall–Kier alpha value is -1.97. The largest absolute Gasteiger partial charge is 0.335 e. The molecule has 0 radical (unpaired) electrons. The second-order valence-corrected chi connectivity index (χ2v) is 4.54. The Labute approximate surface area is 126 Å². The highest BCUT2D eigenvalue weighted by Gasteiger charge is 2.13. The van der Waals surface area contributed by atoms with E-state index >= 15 is 0 Å². The molecule has 102 valence electrons. The van der Waals surface area contributed by atoms with Crippen LogP contribution in [0.25, 0.3) is 0 Å². The number of nitriles is 1. The van der Waals surface area contributed by atoms with Gasteiger partial charge in [-0.1, -0.05) is 6.07 Å². The lowest BCUT2D eigenvalue weighted by Gasteiger charge is -2.21. The molecule has 0 saturated carbocycles. The van der Waals surface area contributed by atoms with E-state index in [0.29, 0.717) is 25.5 Å². The first-order valence-electron chi connectivity index (χ1n) is 5.77. The summed E-state index contributed by atoms with van der Waals surface area (Å²) >= 11 is 11.6. The van der Waals surface area contributed by atoms with Crippen LogP contribution in [0.4, 0.5) is 5.95 Å². The summed E-state index contributed by atoms with van der Waals surface area (Å²) < 4.78 is 0. The Balaban J connectivity index is 2.25. The molecule has 0 saturated heterocycles. The van der Waals surface area contributed by atoms with Gasteiger partial charge >= 0.3 is 0 Å². The molecule has 0 aliphatic carbocycles. The van der Waals surface area contributed by atoms with Crippen molar-refractivity contribution < 1.29 is 0 Å². The number of anilines is 1. The molecule has 0 amide bonds. The molecule has 0 bridgehead atoms. The Morgan fingerprint density at radius 2 is 1.95 bits per heavy atom. The number of nitrogens with zero attached hydrogens (tertiary/aromatic N) is 6. The van der Waals surface area contributed by atoms with Crippen molar-refractivity contribution in [2.75, 3.05) is 11.4 Å². The Morgan fingerprint density at radius 1 is 1.20 bits per heavy atom. The predicted molar refractivity (Wildman–Crippen MR) is 75.4 cm³/mol. The van der Waals surface area contributed by atoms with E-state index in [4.69, 9.17) is 28.5 Å². The normalized spacial score (nSPS) is 10.1. The maximum absolute atomic E-state index is 8.74. The molecular formula is C12H10Cl2N6. The third-order valence-corrected chi connectivity index (χ3v) is 2.78. The van der Waals surface area contributed by atoms with E-state index < -0.39 is 0 Å². The highest BCUT2D eigenvalue weighted by atomic mass is 35.5. The minimum absolute atomic E-state index is 0.0214. The third kappa shape index (κ3) is 4.02. The zero-order chi connectivity index (χ0) is 14.4. The molecule has 0 aliphatic heterocycles. The molecule has 8 heteroatoms. The summed E-state index contributed by atoms with van der Waals surface area (Å²) in [5.74, 6) is 0.342. The zero-order valence-electron chi connectivity index (χ0n) is 10.4. The van der Waals surface area contributed by atoms with Gasteiger partial charge in [0.25, 0.3) is 0 Å². The van der Waals surface area contributed by atoms with Crippen molar-refractivity contribution in [2.24, 2.45) is 0 Å². The van der Waals surface area contributed by atoms with Gasteiger partial charge < -0.3 is 4.90 Å². The van der Waals surface area contributed by atoms with Gasteiger partial charge in [-0.2, -0.15) is 20.2 Å². The first kappa shape index (κ1) is 14.4. The van der Waals surface area contributed by atoms with Gasteiger partial charge in [-0.05, 0) is 34.8 Å². The second-order valence-electron chi connectivity index (χ2n) is 3.86. The van der Waals surface area contributed by atoms with Gasteiger partial charge in [-0.25, -0.2) is 0 Å². The van der Waals surface area contributed by atoms with Crippen LogP contribution in [0.1, 0.15) is 12.0 Å². The fraction of sp³-hybridized carbons (Fsp3) is 0.250. The Bertz CT molecular complexity index is 593. The molecule has 2 aromatic rings. The number of pyridine rings is 1. The van der Waals surface area contributed by atoms with Crippen LogP contribution in [0.2, 0.25) is 10.6 Å². The quantitative estimate of drug-likeness (QED) is 0.844. The van der Waals surface area contributed by atoms with Gasteiger partial charge in [0.1, 0.15) is 0 Å². The molecule has 2 rings (SSSR count). The Kier molecular flexibility index (Phi) is 5.04. The predicted octanol–water partition coefficient (Wildman–Crippen LogP) is 2.49. The van der Waals surface area contributed by atoms with Crippen LogP contribution < -0.4 is 4.90 Å². The number of hydrogen-bond acceptors (Lipinski definition) is 6. The van der Waals surface area contributed by atoms with Crippen molar-refractivity contribution in [3.8, 4) is 6.07 Å². The lowest BCUT2D eigenvalue weighted by Crippen LogP contribution is -2.26. The van der Waals surface area contributed by atoms with Gasteiger partial charge in [-0.15, -0.1) is 0 Å². The summed E-state index contributed by atoms with van der Waals surface area (Å²) in [5, 5.41) is 8.79. The Morgan fingerprint density at radius 3 is 2.55 bits per heavy atom. The maximum atomic E-state index is 8.74. The molecule has 20 heavy (non-hydrogen) atoms. The van der Waals surface area contributed by atoms with E-state index in [0.717, 1.165) is 5.56 Å².